The predicted molar refractivity (Wildman–Crippen MR) is 119 cm³/mol. The number of amides is 1. The van der Waals surface area contributed by atoms with Gasteiger partial charge in [-0.05, 0) is 39.3 Å². The molecule has 152 valence electrons. The van der Waals surface area contributed by atoms with Crippen molar-refractivity contribution in [1.29, 1.82) is 0 Å². The Morgan fingerprint density at radius 2 is 2.15 bits per heavy atom. The molecule has 3 rings (SSSR count). The molecule has 0 aromatic carbocycles. The Balaban J connectivity index is 0.00000261. The van der Waals surface area contributed by atoms with Gasteiger partial charge in [0.1, 0.15) is 6.54 Å². The number of aliphatic imine (C=N–C) groups is 1. The summed E-state index contributed by atoms with van der Waals surface area (Å²) in [5.74, 6) is 1.56. The van der Waals surface area contributed by atoms with Crippen molar-refractivity contribution in [2.24, 2.45) is 18.0 Å². The van der Waals surface area contributed by atoms with E-state index in [9.17, 15) is 4.79 Å². The van der Waals surface area contributed by atoms with Gasteiger partial charge < -0.3 is 20.0 Å². The first-order valence-corrected chi connectivity index (χ1v) is 9.57. The molecule has 8 nitrogen and oxygen atoms in total. The van der Waals surface area contributed by atoms with Gasteiger partial charge >= 0.3 is 0 Å². The zero-order chi connectivity index (χ0) is 18.5. The van der Waals surface area contributed by atoms with Crippen LogP contribution in [0.25, 0.3) is 0 Å². The number of anilines is 1. The van der Waals surface area contributed by atoms with Gasteiger partial charge in [0, 0.05) is 46.0 Å². The number of guanidine groups is 1. The Labute approximate surface area is 179 Å². The van der Waals surface area contributed by atoms with Gasteiger partial charge in [0.05, 0.1) is 11.9 Å². The molecule has 2 aliphatic rings. The molecule has 1 amide bonds. The summed E-state index contributed by atoms with van der Waals surface area (Å²) in [7, 11) is 4.04. The Morgan fingerprint density at radius 1 is 1.33 bits per heavy atom. The van der Waals surface area contributed by atoms with Crippen LogP contribution in [-0.4, -0.2) is 84.3 Å². The lowest BCUT2D eigenvalue weighted by Gasteiger charge is -2.36. The van der Waals surface area contributed by atoms with Crippen LogP contribution in [0.15, 0.2) is 17.4 Å². The summed E-state index contributed by atoms with van der Waals surface area (Å²) in [5, 5.41) is 7.52. The number of nitrogens with one attached hydrogen (secondary N) is 1. The second-order valence-corrected chi connectivity index (χ2v) is 7.30. The highest BCUT2D eigenvalue weighted by Crippen LogP contribution is 2.17. The van der Waals surface area contributed by atoms with Crippen molar-refractivity contribution in [2.45, 2.75) is 19.8 Å². The number of aryl methyl sites for hydroxylation is 1. The molecule has 1 N–H and O–H groups in total. The molecule has 0 spiro atoms. The highest BCUT2D eigenvalue weighted by molar-refractivity contribution is 14.0. The smallest absolute Gasteiger partial charge is 0.246 e. The Bertz CT molecular complexity index is 647. The molecule has 1 aromatic rings. The topological polar surface area (TPSA) is 69.0 Å². The molecule has 0 aliphatic carbocycles. The quantitative estimate of drug-likeness (QED) is 0.388. The van der Waals surface area contributed by atoms with Crippen LogP contribution in [0.2, 0.25) is 0 Å². The first-order chi connectivity index (χ1) is 12.6. The van der Waals surface area contributed by atoms with Crippen molar-refractivity contribution in [3.63, 3.8) is 0 Å². The highest BCUT2D eigenvalue weighted by atomic mass is 127. The molecule has 1 unspecified atom stereocenters. The van der Waals surface area contributed by atoms with Crippen LogP contribution in [0.3, 0.4) is 0 Å². The van der Waals surface area contributed by atoms with Crippen LogP contribution >= 0.6 is 24.0 Å². The summed E-state index contributed by atoms with van der Waals surface area (Å²) in [6.07, 6.45) is 6.11. The molecular formula is C18H32IN7O. The molecule has 9 heteroatoms. The first kappa shape index (κ1) is 21.9. The number of aromatic nitrogens is 2. The minimum Gasteiger partial charge on any atom is -0.357 e. The Hall–Kier alpha value is -1.36. The maximum Gasteiger partial charge on any atom is 0.246 e. The monoisotopic (exact) mass is 489 g/mol. The second kappa shape index (κ2) is 10.3. The lowest BCUT2D eigenvalue weighted by atomic mass is 9.99. The number of nitrogens with zero attached hydrogens (tertiary/aromatic N) is 6. The van der Waals surface area contributed by atoms with E-state index in [1.807, 2.05) is 18.1 Å². The lowest BCUT2D eigenvalue weighted by molar-refractivity contribution is -0.120. The highest BCUT2D eigenvalue weighted by Gasteiger charge is 2.28. The normalized spacial score (nSPS) is 22.0. The number of piperidine rings is 1. The van der Waals surface area contributed by atoms with E-state index in [1.54, 1.807) is 10.9 Å². The molecule has 27 heavy (non-hydrogen) atoms. The maximum absolute atomic E-state index is 12.6. The number of halogens is 1. The third-order valence-corrected chi connectivity index (χ3v) is 5.08. The average molecular weight is 489 g/mol. The van der Waals surface area contributed by atoms with Gasteiger partial charge in [-0.15, -0.1) is 24.0 Å². The van der Waals surface area contributed by atoms with Gasteiger partial charge in [-0.3, -0.25) is 14.5 Å². The van der Waals surface area contributed by atoms with Crippen molar-refractivity contribution < 1.29 is 4.79 Å². The summed E-state index contributed by atoms with van der Waals surface area (Å²) in [6.45, 7) is 7.77. The molecule has 3 heterocycles. The minimum absolute atomic E-state index is 0. The summed E-state index contributed by atoms with van der Waals surface area (Å²) in [4.78, 5) is 23.7. The van der Waals surface area contributed by atoms with Crippen LogP contribution < -0.4 is 10.2 Å². The van der Waals surface area contributed by atoms with Crippen molar-refractivity contribution >= 4 is 41.5 Å². The summed E-state index contributed by atoms with van der Waals surface area (Å²) >= 11 is 0. The summed E-state index contributed by atoms with van der Waals surface area (Å²) in [6, 6.07) is 0. The Morgan fingerprint density at radius 3 is 2.78 bits per heavy atom. The van der Waals surface area contributed by atoms with E-state index >= 15 is 0 Å². The van der Waals surface area contributed by atoms with Crippen molar-refractivity contribution in [2.75, 3.05) is 57.8 Å². The largest absolute Gasteiger partial charge is 0.357 e. The zero-order valence-corrected chi connectivity index (χ0v) is 18.9. The van der Waals surface area contributed by atoms with Gasteiger partial charge in [0.25, 0.3) is 0 Å². The number of hydrogen-bond donors (Lipinski definition) is 1. The SMILES string of the molecule is CCNC(=NCC1CCCN(C)C1)N1CCN(c2cnn(C)c2)C(=O)C1.I. The molecule has 2 saturated heterocycles. The van der Waals surface area contributed by atoms with Crippen LogP contribution in [-0.2, 0) is 11.8 Å². The van der Waals surface area contributed by atoms with Gasteiger partial charge in [-0.2, -0.15) is 5.10 Å². The lowest BCUT2D eigenvalue weighted by Crippen LogP contribution is -2.55. The summed E-state index contributed by atoms with van der Waals surface area (Å²) < 4.78 is 1.72. The molecule has 1 atom stereocenters. The molecule has 2 aliphatic heterocycles. The van der Waals surface area contributed by atoms with Crippen LogP contribution in [0.5, 0.6) is 0 Å². The van der Waals surface area contributed by atoms with Gasteiger partial charge in [-0.1, -0.05) is 0 Å². The zero-order valence-electron chi connectivity index (χ0n) is 16.6. The number of likely N-dealkylation sites (tertiary alicyclic amines) is 1. The van der Waals surface area contributed by atoms with Gasteiger partial charge in [-0.25, -0.2) is 0 Å². The fourth-order valence-corrected chi connectivity index (χ4v) is 3.74. The number of carbonyl (C=O) groups is 1. The van der Waals surface area contributed by atoms with E-state index in [1.165, 1.54) is 19.4 Å². The maximum atomic E-state index is 12.6. The molecule has 2 fully saturated rings. The third kappa shape index (κ3) is 5.81. The standard InChI is InChI=1S/C18H31N7O.HI/c1-4-19-18(20-10-15-6-5-7-22(2)12-15)24-8-9-25(17(26)14-24)16-11-21-23(3)13-16;/h11,13,15H,4-10,12,14H2,1-3H3,(H,19,20);1H. The fourth-order valence-electron chi connectivity index (χ4n) is 3.74. The van der Waals surface area contributed by atoms with Crippen molar-refractivity contribution in [3.8, 4) is 0 Å². The number of piperazine rings is 1. The Kier molecular flexibility index (Phi) is 8.33. The average Bonchev–Trinajstić information content (AvgIpc) is 3.04. The second-order valence-electron chi connectivity index (χ2n) is 7.30. The summed E-state index contributed by atoms with van der Waals surface area (Å²) in [5.41, 5.74) is 0.865. The van der Waals surface area contributed by atoms with E-state index < -0.39 is 0 Å². The van der Waals surface area contributed by atoms with Crippen molar-refractivity contribution in [3.05, 3.63) is 12.4 Å². The molecule has 1 aromatic heterocycles. The first-order valence-electron chi connectivity index (χ1n) is 9.57. The number of hydrogen-bond acceptors (Lipinski definition) is 4. The molecule has 0 saturated carbocycles. The molecule has 0 bridgehead atoms. The fraction of sp³-hybridized carbons (Fsp3) is 0.722. The predicted octanol–water partition coefficient (Wildman–Crippen LogP) is 0.994. The van der Waals surface area contributed by atoms with E-state index in [-0.39, 0.29) is 29.9 Å². The number of rotatable bonds is 4. The van der Waals surface area contributed by atoms with Gasteiger partial charge in [0.15, 0.2) is 5.96 Å². The van der Waals surface area contributed by atoms with Crippen molar-refractivity contribution in [1.82, 2.24) is 24.9 Å². The van der Waals surface area contributed by atoms with Crippen LogP contribution in [0.4, 0.5) is 5.69 Å². The van der Waals surface area contributed by atoms with Gasteiger partial charge in [0.2, 0.25) is 5.91 Å². The van der Waals surface area contributed by atoms with Crippen LogP contribution in [0, 0.1) is 5.92 Å². The molecule has 0 radical (unpaired) electrons. The van der Waals surface area contributed by atoms with Crippen LogP contribution in [0.1, 0.15) is 19.8 Å². The van der Waals surface area contributed by atoms with E-state index in [0.717, 1.165) is 37.8 Å². The third-order valence-electron chi connectivity index (χ3n) is 5.08. The van der Waals surface area contributed by atoms with E-state index in [4.69, 9.17) is 4.99 Å². The molecular weight excluding hydrogens is 457 g/mol. The van der Waals surface area contributed by atoms with E-state index in [2.05, 4.69) is 34.2 Å². The number of carbonyl (C=O) groups excluding carboxylic acids is 1. The van der Waals surface area contributed by atoms with E-state index in [0.29, 0.717) is 19.0 Å². The minimum atomic E-state index is 0.